The molecule has 1 aromatic rings. The number of nitro groups is 1. The average molecular weight is 237 g/mol. The lowest BCUT2D eigenvalue weighted by molar-refractivity contribution is -0.385. The van der Waals surface area contributed by atoms with E-state index in [9.17, 15) is 10.1 Å². The summed E-state index contributed by atoms with van der Waals surface area (Å²) in [6.07, 6.45) is 2.03. The number of nitro benzene ring substituents is 1. The lowest BCUT2D eigenvalue weighted by Gasteiger charge is -2.05. The van der Waals surface area contributed by atoms with E-state index in [1.54, 1.807) is 19.1 Å². The van der Waals surface area contributed by atoms with Gasteiger partial charge in [0.2, 0.25) is 0 Å². The third-order valence-corrected chi connectivity index (χ3v) is 2.61. The molecule has 94 valence electrons. The molecule has 0 atom stereocenters. The number of aryl methyl sites for hydroxylation is 1. The van der Waals surface area contributed by atoms with Gasteiger partial charge in [-0.15, -0.1) is 0 Å². The molecule has 0 aliphatic rings. The first-order chi connectivity index (χ1) is 8.15. The Morgan fingerprint density at radius 2 is 2.18 bits per heavy atom. The van der Waals surface area contributed by atoms with Gasteiger partial charge in [-0.2, -0.15) is 0 Å². The van der Waals surface area contributed by atoms with Gasteiger partial charge in [-0.1, -0.05) is 12.1 Å². The van der Waals surface area contributed by atoms with Gasteiger partial charge in [-0.3, -0.25) is 10.1 Å². The number of nitrogens with one attached hydrogen (secondary N) is 1. The van der Waals surface area contributed by atoms with Gasteiger partial charge in [0.15, 0.2) is 0 Å². The smallest absolute Gasteiger partial charge is 0.272 e. The summed E-state index contributed by atoms with van der Waals surface area (Å²) in [4.78, 5) is 10.4. The average Bonchev–Trinajstić information content (AvgIpc) is 2.30. The summed E-state index contributed by atoms with van der Waals surface area (Å²) in [5.41, 5.74) is 7.21. The van der Waals surface area contributed by atoms with Crippen LogP contribution in [0.4, 0.5) is 5.69 Å². The Labute approximate surface area is 101 Å². The second-order valence-corrected chi connectivity index (χ2v) is 4.05. The number of hydrogen-bond acceptors (Lipinski definition) is 4. The second kappa shape index (κ2) is 6.98. The normalized spacial score (nSPS) is 10.5. The number of nitrogens with zero attached hydrogens (tertiary/aromatic N) is 1. The summed E-state index contributed by atoms with van der Waals surface area (Å²) in [6, 6.07) is 5.33. The van der Waals surface area contributed by atoms with E-state index < -0.39 is 0 Å². The minimum absolute atomic E-state index is 0.186. The first-order valence-electron chi connectivity index (χ1n) is 5.80. The van der Waals surface area contributed by atoms with Crippen LogP contribution < -0.4 is 11.1 Å². The second-order valence-electron chi connectivity index (χ2n) is 4.05. The topological polar surface area (TPSA) is 81.2 Å². The van der Waals surface area contributed by atoms with Gasteiger partial charge in [0, 0.05) is 18.2 Å². The Hall–Kier alpha value is -1.46. The van der Waals surface area contributed by atoms with Gasteiger partial charge in [-0.05, 0) is 38.4 Å². The van der Waals surface area contributed by atoms with Crippen LogP contribution in [-0.4, -0.2) is 18.0 Å². The minimum atomic E-state index is -0.340. The van der Waals surface area contributed by atoms with Crippen LogP contribution in [0.15, 0.2) is 18.2 Å². The number of unbranched alkanes of at least 4 members (excludes halogenated alkanes) is 1. The van der Waals surface area contributed by atoms with E-state index in [0.717, 1.165) is 24.9 Å². The molecule has 0 spiro atoms. The number of rotatable bonds is 7. The molecule has 0 saturated carbocycles. The van der Waals surface area contributed by atoms with Crippen molar-refractivity contribution in [1.29, 1.82) is 0 Å². The fourth-order valence-corrected chi connectivity index (χ4v) is 1.59. The van der Waals surface area contributed by atoms with Crippen LogP contribution in [0.3, 0.4) is 0 Å². The monoisotopic (exact) mass is 237 g/mol. The van der Waals surface area contributed by atoms with E-state index >= 15 is 0 Å². The molecule has 0 aliphatic heterocycles. The third-order valence-electron chi connectivity index (χ3n) is 2.61. The third kappa shape index (κ3) is 4.50. The minimum Gasteiger partial charge on any atom is -0.330 e. The van der Waals surface area contributed by atoms with E-state index in [1.165, 1.54) is 0 Å². The molecule has 0 radical (unpaired) electrons. The van der Waals surface area contributed by atoms with Crippen molar-refractivity contribution in [2.45, 2.75) is 26.3 Å². The van der Waals surface area contributed by atoms with Crippen molar-refractivity contribution < 1.29 is 4.92 Å². The van der Waals surface area contributed by atoms with Crippen LogP contribution in [0.25, 0.3) is 0 Å². The zero-order valence-electron chi connectivity index (χ0n) is 10.1. The highest BCUT2D eigenvalue weighted by molar-refractivity contribution is 5.42. The molecule has 17 heavy (non-hydrogen) atoms. The van der Waals surface area contributed by atoms with Gasteiger partial charge in [-0.25, -0.2) is 0 Å². The van der Waals surface area contributed by atoms with Crippen LogP contribution >= 0.6 is 0 Å². The Morgan fingerprint density at radius 1 is 1.41 bits per heavy atom. The van der Waals surface area contributed by atoms with Gasteiger partial charge >= 0.3 is 0 Å². The van der Waals surface area contributed by atoms with Crippen LogP contribution in [0.2, 0.25) is 0 Å². The molecule has 5 nitrogen and oxygen atoms in total. The Kier molecular flexibility index (Phi) is 5.59. The van der Waals surface area contributed by atoms with Crippen molar-refractivity contribution in [1.82, 2.24) is 5.32 Å². The summed E-state index contributed by atoms with van der Waals surface area (Å²) < 4.78 is 0. The molecule has 0 fully saturated rings. The van der Waals surface area contributed by atoms with Gasteiger partial charge in [0.25, 0.3) is 5.69 Å². The largest absolute Gasteiger partial charge is 0.330 e. The molecule has 5 heteroatoms. The fraction of sp³-hybridized carbons (Fsp3) is 0.500. The molecule has 0 unspecified atom stereocenters. The molecule has 0 heterocycles. The molecule has 3 N–H and O–H groups in total. The maximum atomic E-state index is 10.8. The molecule has 0 aromatic heterocycles. The number of benzene rings is 1. The highest BCUT2D eigenvalue weighted by Gasteiger charge is 2.10. The molecule has 0 aliphatic carbocycles. The van der Waals surface area contributed by atoms with Gasteiger partial charge in [0.1, 0.15) is 0 Å². The molecule has 1 rings (SSSR count). The quantitative estimate of drug-likeness (QED) is 0.430. The van der Waals surface area contributed by atoms with E-state index in [4.69, 9.17) is 5.73 Å². The van der Waals surface area contributed by atoms with E-state index in [1.807, 2.05) is 6.07 Å². The zero-order valence-corrected chi connectivity index (χ0v) is 10.1. The fourth-order valence-electron chi connectivity index (χ4n) is 1.59. The lowest BCUT2D eigenvalue weighted by atomic mass is 10.1. The first-order valence-corrected chi connectivity index (χ1v) is 5.80. The highest BCUT2D eigenvalue weighted by Crippen LogP contribution is 2.18. The van der Waals surface area contributed by atoms with Crippen molar-refractivity contribution in [3.05, 3.63) is 39.4 Å². The van der Waals surface area contributed by atoms with Crippen molar-refractivity contribution in [3.63, 3.8) is 0 Å². The maximum absolute atomic E-state index is 10.8. The van der Waals surface area contributed by atoms with E-state index in [-0.39, 0.29) is 10.6 Å². The van der Waals surface area contributed by atoms with E-state index in [2.05, 4.69) is 5.32 Å². The van der Waals surface area contributed by atoms with Crippen molar-refractivity contribution >= 4 is 5.69 Å². The van der Waals surface area contributed by atoms with Crippen LogP contribution in [-0.2, 0) is 6.54 Å². The first kappa shape index (κ1) is 13.6. The summed E-state index contributed by atoms with van der Waals surface area (Å²) in [5, 5.41) is 14.0. The highest BCUT2D eigenvalue weighted by atomic mass is 16.6. The van der Waals surface area contributed by atoms with Crippen molar-refractivity contribution in [3.8, 4) is 0 Å². The molecule has 0 bridgehead atoms. The standard InChI is InChI=1S/C12H19N3O2/c1-10-4-5-11(8-12(10)15(16)17)9-14-7-3-2-6-13/h4-5,8,14H,2-3,6-7,9,13H2,1H3. The summed E-state index contributed by atoms with van der Waals surface area (Å²) in [5.74, 6) is 0. The summed E-state index contributed by atoms with van der Waals surface area (Å²) in [7, 11) is 0. The molecular formula is C12H19N3O2. The predicted octanol–water partition coefficient (Wildman–Crippen LogP) is 1.73. The van der Waals surface area contributed by atoms with Crippen LogP contribution in [0.5, 0.6) is 0 Å². The van der Waals surface area contributed by atoms with E-state index in [0.29, 0.717) is 18.7 Å². The Morgan fingerprint density at radius 3 is 2.82 bits per heavy atom. The molecular weight excluding hydrogens is 218 g/mol. The maximum Gasteiger partial charge on any atom is 0.272 e. The summed E-state index contributed by atoms with van der Waals surface area (Å²) >= 11 is 0. The van der Waals surface area contributed by atoms with Crippen molar-refractivity contribution in [2.75, 3.05) is 13.1 Å². The predicted molar refractivity (Wildman–Crippen MR) is 67.8 cm³/mol. The van der Waals surface area contributed by atoms with Crippen LogP contribution in [0.1, 0.15) is 24.0 Å². The van der Waals surface area contributed by atoms with Gasteiger partial charge in [0.05, 0.1) is 4.92 Å². The SMILES string of the molecule is Cc1ccc(CNCCCCN)cc1[N+](=O)[O-]. The lowest BCUT2D eigenvalue weighted by Crippen LogP contribution is -2.16. The summed E-state index contributed by atoms with van der Waals surface area (Å²) in [6.45, 7) is 4.00. The zero-order chi connectivity index (χ0) is 12.7. The Bertz CT molecular complexity index is 380. The Balaban J connectivity index is 2.49. The molecule has 0 amide bonds. The van der Waals surface area contributed by atoms with Crippen LogP contribution in [0, 0.1) is 17.0 Å². The number of nitrogens with two attached hydrogens (primary N) is 1. The molecule has 1 aromatic carbocycles. The van der Waals surface area contributed by atoms with Crippen molar-refractivity contribution in [2.24, 2.45) is 5.73 Å². The number of hydrogen-bond donors (Lipinski definition) is 2. The molecule has 0 saturated heterocycles. The van der Waals surface area contributed by atoms with Gasteiger partial charge < -0.3 is 11.1 Å².